The Labute approximate surface area is 260 Å². The molecule has 8 rings (SSSR count). The molecule has 0 aliphatic carbocycles. The average Bonchev–Trinajstić information content (AvgIpc) is 3.45. The summed E-state index contributed by atoms with van der Waals surface area (Å²) < 4.78 is 2.57. The van der Waals surface area contributed by atoms with Crippen molar-refractivity contribution in [2.24, 2.45) is 0 Å². The van der Waals surface area contributed by atoms with Crippen LogP contribution in [-0.2, 0) is 0 Å². The summed E-state index contributed by atoms with van der Waals surface area (Å²) in [6.07, 6.45) is 0. The standard InChI is InChI=1S/C38H26B2O3S/c39-34-33(35(40)37(42)38(43)36(34)41)32-25-13-3-1-11-23(25)30(24-12-2-4-14-26(24)32)21-10-7-9-20(19-21)22-16-8-18-29-31(22)27-15-5-6-17-28(27)44-29/h1-19,41-43H,39-40H2. The van der Waals surface area contributed by atoms with E-state index in [0.29, 0.717) is 10.9 Å². The van der Waals surface area contributed by atoms with E-state index >= 15 is 0 Å². The number of fused-ring (bicyclic) bond motifs is 5. The predicted molar refractivity (Wildman–Crippen MR) is 192 cm³/mol. The highest BCUT2D eigenvalue weighted by Crippen LogP contribution is 2.46. The van der Waals surface area contributed by atoms with E-state index in [1.807, 2.05) is 23.5 Å². The largest absolute Gasteiger partial charge is 0.505 e. The van der Waals surface area contributed by atoms with E-state index in [1.54, 1.807) is 15.7 Å². The zero-order valence-corrected chi connectivity index (χ0v) is 25.0. The number of phenols is 3. The van der Waals surface area contributed by atoms with Gasteiger partial charge in [-0.3, -0.25) is 0 Å². The zero-order chi connectivity index (χ0) is 30.1. The lowest BCUT2D eigenvalue weighted by Crippen LogP contribution is -2.21. The minimum Gasteiger partial charge on any atom is -0.505 e. The summed E-state index contributed by atoms with van der Waals surface area (Å²) in [6, 6.07) is 40.6. The highest BCUT2D eigenvalue weighted by Gasteiger charge is 2.24. The highest BCUT2D eigenvalue weighted by atomic mass is 32.1. The molecule has 0 saturated heterocycles. The van der Waals surface area contributed by atoms with E-state index in [-0.39, 0.29) is 11.5 Å². The third-order valence-corrected chi connectivity index (χ3v) is 10.1. The van der Waals surface area contributed by atoms with Gasteiger partial charge < -0.3 is 15.3 Å². The fourth-order valence-corrected chi connectivity index (χ4v) is 8.06. The van der Waals surface area contributed by atoms with Gasteiger partial charge in [0.15, 0.2) is 17.2 Å². The van der Waals surface area contributed by atoms with Crippen molar-refractivity contribution in [1.82, 2.24) is 0 Å². The smallest absolute Gasteiger partial charge is 0.199 e. The normalized spacial score (nSPS) is 11.6. The van der Waals surface area contributed by atoms with E-state index < -0.39 is 5.75 Å². The van der Waals surface area contributed by atoms with Crippen LogP contribution in [0.5, 0.6) is 17.2 Å². The molecule has 0 saturated carbocycles. The lowest BCUT2D eigenvalue weighted by atomic mass is 9.74. The van der Waals surface area contributed by atoms with E-state index in [4.69, 9.17) is 0 Å². The molecule has 0 amide bonds. The number of hydrogen-bond donors (Lipinski definition) is 3. The van der Waals surface area contributed by atoms with Crippen molar-refractivity contribution in [3.63, 3.8) is 0 Å². The number of benzene rings is 7. The van der Waals surface area contributed by atoms with Crippen molar-refractivity contribution in [2.75, 3.05) is 0 Å². The molecule has 3 nitrogen and oxygen atoms in total. The summed E-state index contributed by atoms with van der Waals surface area (Å²) in [5, 5.41) is 38.7. The Kier molecular flexibility index (Phi) is 5.97. The van der Waals surface area contributed by atoms with Crippen LogP contribution < -0.4 is 10.9 Å². The van der Waals surface area contributed by atoms with Gasteiger partial charge in [0, 0.05) is 20.2 Å². The summed E-state index contributed by atoms with van der Waals surface area (Å²) in [7, 11) is 3.57. The van der Waals surface area contributed by atoms with Gasteiger partial charge in [-0.1, -0.05) is 97.1 Å². The van der Waals surface area contributed by atoms with Crippen LogP contribution in [0.4, 0.5) is 0 Å². The second-order valence-electron chi connectivity index (χ2n) is 11.4. The molecular formula is C38H26B2O3S. The zero-order valence-electron chi connectivity index (χ0n) is 24.2. The number of thiophene rings is 1. The van der Waals surface area contributed by atoms with Gasteiger partial charge in [-0.15, -0.1) is 11.3 Å². The SMILES string of the molecule is Bc1c(O)c(O)c(O)c(B)c1-c1c2ccccc2c(-c2cccc(-c3cccc4sc5ccccc5c34)c2)c2ccccc12. The first-order valence-electron chi connectivity index (χ1n) is 14.6. The molecule has 0 aliphatic rings. The van der Waals surface area contributed by atoms with Gasteiger partial charge in [0.1, 0.15) is 15.7 Å². The quantitative estimate of drug-likeness (QED) is 0.119. The number of aromatic hydroxyl groups is 3. The Balaban J connectivity index is 1.45. The Bertz CT molecular complexity index is 2380. The number of phenolic OH excluding ortho intramolecular Hbond substituents is 3. The number of rotatable bonds is 3. The molecule has 44 heavy (non-hydrogen) atoms. The lowest BCUT2D eigenvalue weighted by molar-refractivity contribution is 0.372. The molecule has 0 fully saturated rings. The Morgan fingerprint density at radius 2 is 0.932 bits per heavy atom. The van der Waals surface area contributed by atoms with Crippen molar-refractivity contribution in [2.45, 2.75) is 0 Å². The molecular weight excluding hydrogens is 558 g/mol. The summed E-state index contributed by atoms with van der Waals surface area (Å²) in [5.74, 6) is -1.09. The Morgan fingerprint density at radius 1 is 0.432 bits per heavy atom. The Hall–Kier alpha value is -5.19. The number of hydrogen-bond acceptors (Lipinski definition) is 4. The van der Waals surface area contributed by atoms with Crippen LogP contribution >= 0.6 is 11.3 Å². The molecule has 0 radical (unpaired) electrons. The highest BCUT2D eigenvalue weighted by molar-refractivity contribution is 7.25. The van der Waals surface area contributed by atoms with E-state index in [9.17, 15) is 15.3 Å². The van der Waals surface area contributed by atoms with Gasteiger partial charge >= 0.3 is 0 Å². The average molecular weight is 584 g/mol. The first-order valence-corrected chi connectivity index (χ1v) is 15.4. The van der Waals surface area contributed by atoms with Gasteiger partial charge in [-0.05, 0) is 84.1 Å². The van der Waals surface area contributed by atoms with Crippen LogP contribution in [0.3, 0.4) is 0 Å². The molecule has 8 aromatic rings. The van der Waals surface area contributed by atoms with E-state index in [2.05, 4.69) is 103 Å². The first-order chi connectivity index (χ1) is 21.4. The van der Waals surface area contributed by atoms with Crippen LogP contribution in [0.25, 0.3) is 75.1 Å². The van der Waals surface area contributed by atoms with E-state index in [0.717, 1.165) is 49.4 Å². The molecule has 0 unspecified atom stereocenters. The minimum atomic E-state index is -0.487. The molecule has 1 heterocycles. The van der Waals surface area contributed by atoms with Crippen molar-refractivity contribution in [3.05, 3.63) is 115 Å². The minimum absolute atomic E-state index is 0.303. The maximum Gasteiger partial charge on any atom is 0.199 e. The summed E-state index contributed by atoms with van der Waals surface area (Å²) in [6.45, 7) is 0. The topological polar surface area (TPSA) is 60.7 Å². The fraction of sp³-hybridized carbons (Fsp3) is 0. The summed E-state index contributed by atoms with van der Waals surface area (Å²) in [5.41, 5.74) is 7.32. The van der Waals surface area contributed by atoms with Gasteiger partial charge in [0.2, 0.25) is 0 Å². The van der Waals surface area contributed by atoms with Crippen LogP contribution in [0.15, 0.2) is 115 Å². The third-order valence-electron chi connectivity index (χ3n) is 8.96. The predicted octanol–water partition coefficient (Wildman–Crippen LogP) is 7.00. The molecule has 0 atom stereocenters. The molecule has 0 spiro atoms. The second-order valence-corrected chi connectivity index (χ2v) is 12.5. The third kappa shape index (κ3) is 3.78. The maximum absolute atomic E-state index is 10.8. The van der Waals surface area contributed by atoms with Crippen LogP contribution in [0.2, 0.25) is 0 Å². The van der Waals surface area contributed by atoms with Crippen molar-refractivity contribution in [3.8, 4) is 50.6 Å². The molecule has 1 aromatic heterocycles. The van der Waals surface area contributed by atoms with Crippen molar-refractivity contribution in [1.29, 1.82) is 0 Å². The summed E-state index contributed by atoms with van der Waals surface area (Å²) >= 11 is 1.83. The van der Waals surface area contributed by atoms with Gasteiger partial charge in [-0.2, -0.15) is 0 Å². The van der Waals surface area contributed by atoms with Crippen LogP contribution in [0.1, 0.15) is 0 Å². The second kappa shape index (κ2) is 9.93. The first kappa shape index (κ1) is 26.4. The molecule has 0 aliphatic heterocycles. The Morgan fingerprint density at radius 3 is 1.57 bits per heavy atom. The van der Waals surface area contributed by atoms with Gasteiger partial charge in [-0.25, -0.2) is 0 Å². The molecule has 208 valence electrons. The van der Waals surface area contributed by atoms with Crippen LogP contribution in [0, 0.1) is 0 Å². The molecule has 6 heteroatoms. The van der Waals surface area contributed by atoms with Crippen molar-refractivity contribution >= 4 is 79.7 Å². The molecule has 0 bridgehead atoms. The maximum atomic E-state index is 10.8. The van der Waals surface area contributed by atoms with Gasteiger partial charge in [0.25, 0.3) is 0 Å². The van der Waals surface area contributed by atoms with E-state index in [1.165, 1.54) is 25.7 Å². The van der Waals surface area contributed by atoms with Crippen LogP contribution in [-0.4, -0.2) is 31.0 Å². The van der Waals surface area contributed by atoms with Gasteiger partial charge in [0.05, 0.1) is 0 Å². The fourth-order valence-electron chi connectivity index (χ4n) is 6.93. The molecule has 3 N–H and O–H groups in total. The summed E-state index contributed by atoms with van der Waals surface area (Å²) in [4.78, 5) is 0. The van der Waals surface area contributed by atoms with Crippen molar-refractivity contribution < 1.29 is 15.3 Å². The monoisotopic (exact) mass is 584 g/mol. The lowest BCUT2D eigenvalue weighted by Gasteiger charge is -2.22. The molecule has 7 aromatic carbocycles.